The number of nitrogens with zero attached hydrogens (tertiary/aromatic N) is 3. The maximum atomic E-state index is 11.2. The monoisotopic (exact) mass is 386 g/mol. The molecule has 0 saturated carbocycles. The molecule has 0 spiro atoms. The Morgan fingerprint density at radius 2 is 1.79 bits per heavy atom. The van der Waals surface area contributed by atoms with Crippen LogP contribution in [-0.2, 0) is 11.3 Å². The van der Waals surface area contributed by atoms with Crippen LogP contribution in [-0.4, -0.2) is 27.0 Å². The molecule has 2 aromatic carbocycles. The minimum absolute atomic E-state index is 0.212. The Kier molecular flexibility index (Phi) is 4.99. The molecule has 0 atom stereocenters. The van der Waals surface area contributed by atoms with Gasteiger partial charge in [-0.3, -0.25) is 4.79 Å². The zero-order valence-electron chi connectivity index (χ0n) is 16.4. The summed E-state index contributed by atoms with van der Waals surface area (Å²) in [7, 11) is 0. The molecule has 0 aliphatic rings. The Bertz CT molecular complexity index is 1180. The van der Waals surface area contributed by atoms with E-state index in [4.69, 9.17) is 15.5 Å². The molecular formula is C23H22N4O2. The summed E-state index contributed by atoms with van der Waals surface area (Å²) in [6, 6.07) is 17.8. The minimum atomic E-state index is -0.538. The number of carbonyl (C=O) groups is 1. The van der Waals surface area contributed by atoms with E-state index in [0.717, 1.165) is 11.0 Å². The number of hydrogen-bond donors (Lipinski definition) is 1. The molecule has 6 heteroatoms. The standard InChI is InChI=1S/C23H22N4O2/c1-15-7-5-8-16(2)17(15)13-27-19-10-4-3-9-18(19)26-23(27)22-20(11-6-12-25-22)29-14-21(24)28/h3-12H,13-14H2,1-2H3,(H2,24,28). The number of nitrogens with two attached hydrogens (primary N) is 1. The number of para-hydroxylation sites is 2. The molecule has 0 saturated heterocycles. The maximum Gasteiger partial charge on any atom is 0.255 e. The van der Waals surface area contributed by atoms with Crippen molar-refractivity contribution in [2.24, 2.45) is 5.73 Å². The van der Waals surface area contributed by atoms with Crippen molar-refractivity contribution in [3.63, 3.8) is 0 Å². The number of amides is 1. The van der Waals surface area contributed by atoms with E-state index in [0.29, 0.717) is 23.8 Å². The van der Waals surface area contributed by atoms with Crippen LogP contribution >= 0.6 is 0 Å². The van der Waals surface area contributed by atoms with Gasteiger partial charge in [-0.05, 0) is 54.8 Å². The van der Waals surface area contributed by atoms with Crippen LogP contribution in [0, 0.1) is 13.8 Å². The summed E-state index contributed by atoms with van der Waals surface area (Å²) in [6.07, 6.45) is 1.69. The van der Waals surface area contributed by atoms with Crippen molar-refractivity contribution in [2.75, 3.05) is 6.61 Å². The van der Waals surface area contributed by atoms with Crippen LogP contribution in [0.5, 0.6) is 5.75 Å². The van der Waals surface area contributed by atoms with Crippen molar-refractivity contribution in [2.45, 2.75) is 20.4 Å². The number of rotatable bonds is 6. The molecule has 6 nitrogen and oxygen atoms in total. The fourth-order valence-electron chi connectivity index (χ4n) is 3.50. The van der Waals surface area contributed by atoms with Gasteiger partial charge in [-0.15, -0.1) is 0 Å². The molecule has 4 rings (SSSR count). The molecule has 1 amide bonds. The van der Waals surface area contributed by atoms with Gasteiger partial charge in [0.2, 0.25) is 0 Å². The third-order valence-corrected chi connectivity index (χ3v) is 4.97. The van der Waals surface area contributed by atoms with Gasteiger partial charge in [-0.25, -0.2) is 9.97 Å². The van der Waals surface area contributed by atoms with Gasteiger partial charge >= 0.3 is 0 Å². The predicted molar refractivity (Wildman–Crippen MR) is 113 cm³/mol. The maximum absolute atomic E-state index is 11.2. The Morgan fingerprint density at radius 3 is 2.55 bits per heavy atom. The quantitative estimate of drug-likeness (QED) is 0.548. The molecule has 4 aromatic rings. The number of fused-ring (bicyclic) bond motifs is 1. The van der Waals surface area contributed by atoms with Crippen molar-refractivity contribution < 1.29 is 9.53 Å². The largest absolute Gasteiger partial charge is 0.481 e. The number of ether oxygens (including phenoxy) is 1. The van der Waals surface area contributed by atoms with Crippen LogP contribution in [0.2, 0.25) is 0 Å². The van der Waals surface area contributed by atoms with E-state index in [-0.39, 0.29) is 6.61 Å². The summed E-state index contributed by atoms with van der Waals surface area (Å²) in [5, 5.41) is 0. The first-order chi connectivity index (χ1) is 14.0. The summed E-state index contributed by atoms with van der Waals surface area (Å²) in [5.41, 5.74) is 11.4. The molecule has 0 bridgehead atoms. The lowest BCUT2D eigenvalue weighted by atomic mass is 10.0. The third-order valence-electron chi connectivity index (χ3n) is 4.97. The number of pyridine rings is 1. The fraction of sp³-hybridized carbons (Fsp3) is 0.174. The summed E-state index contributed by atoms with van der Waals surface area (Å²) >= 11 is 0. The molecule has 2 N–H and O–H groups in total. The van der Waals surface area contributed by atoms with E-state index in [9.17, 15) is 4.79 Å². The van der Waals surface area contributed by atoms with Gasteiger partial charge in [0.25, 0.3) is 5.91 Å². The van der Waals surface area contributed by atoms with Crippen molar-refractivity contribution in [1.82, 2.24) is 14.5 Å². The average molecular weight is 386 g/mol. The van der Waals surface area contributed by atoms with Gasteiger partial charge in [0, 0.05) is 6.20 Å². The lowest BCUT2D eigenvalue weighted by molar-refractivity contribution is -0.119. The zero-order valence-corrected chi connectivity index (χ0v) is 16.4. The number of imidazole rings is 1. The van der Waals surface area contributed by atoms with E-state index in [1.807, 2.05) is 24.3 Å². The van der Waals surface area contributed by atoms with Crippen molar-refractivity contribution >= 4 is 16.9 Å². The number of aromatic nitrogens is 3. The molecule has 29 heavy (non-hydrogen) atoms. The molecule has 0 fully saturated rings. The molecule has 0 unspecified atom stereocenters. The lowest BCUT2D eigenvalue weighted by Gasteiger charge is -2.15. The molecule has 2 heterocycles. The Morgan fingerprint density at radius 1 is 1.03 bits per heavy atom. The van der Waals surface area contributed by atoms with E-state index < -0.39 is 5.91 Å². The number of aryl methyl sites for hydroxylation is 2. The normalized spacial score (nSPS) is 11.0. The summed E-state index contributed by atoms with van der Waals surface area (Å²) in [6.45, 7) is 4.67. The minimum Gasteiger partial charge on any atom is -0.481 e. The molecule has 0 aliphatic heterocycles. The molecule has 0 radical (unpaired) electrons. The van der Waals surface area contributed by atoms with E-state index in [2.05, 4.69) is 41.6 Å². The van der Waals surface area contributed by atoms with Gasteiger partial charge in [-0.2, -0.15) is 0 Å². The van der Waals surface area contributed by atoms with Crippen molar-refractivity contribution in [1.29, 1.82) is 0 Å². The molecule has 0 aliphatic carbocycles. The Labute approximate surface area is 169 Å². The molecule has 2 aromatic heterocycles. The van der Waals surface area contributed by atoms with Crippen LogP contribution in [0.1, 0.15) is 16.7 Å². The number of benzene rings is 2. The lowest BCUT2D eigenvalue weighted by Crippen LogP contribution is -2.20. The van der Waals surface area contributed by atoms with Gasteiger partial charge in [0.1, 0.15) is 11.4 Å². The summed E-state index contributed by atoms with van der Waals surface area (Å²) in [5.74, 6) is 0.627. The summed E-state index contributed by atoms with van der Waals surface area (Å²) < 4.78 is 7.75. The highest BCUT2D eigenvalue weighted by atomic mass is 16.5. The average Bonchev–Trinajstić information content (AvgIpc) is 3.08. The first-order valence-electron chi connectivity index (χ1n) is 9.41. The first kappa shape index (κ1) is 18.7. The van der Waals surface area contributed by atoms with E-state index in [1.165, 1.54) is 16.7 Å². The SMILES string of the molecule is Cc1cccc(C)c1Cn1c(-c2ncccc2OCC(N)=O)nc2ccccc21. The third kappa shape index (κ3) is 3.69. The van der Waals surface area contributed by atoms with Crippen LogP contribution < -0.4 is 10.5 Å². The smallest absolute Gasteiger partial charge is 0.255 e. The Balaban J connectivity index is 1.88. The molecule has 146 valence electrons. The van der Waals surface area contributed by atoms with E-state index >= 15 is 0 Å². The second-order valence-electron chi connectivity index (χ2n) is 6.99. The summed E-state index contributed by atoms with van der Waals surface area (Å²) in [4.78, 5) is 20.5. The number of hydrogen-bond acceptors (Lipinski definition) is 4. The topological polar surface area (TPSA) is 83.0 Å². The van der Waals surface area contributed by atoms with Gasteiger partial charge in [0.15, 0.2) is 12.4 Å². The van der Waals surface area contributed by atoms with Crippen LogP contribution in [0.15, 0.2) is 60.8 Å². The highest BCUT2D eigenvalue weighted by Gasteiger charge is 2.19. The van der Waals surface area contributed by atoms with Gasteiger partial charge in [0.05, 0.1) is 17.6 Å². The van der Waals surface area contributed by atoms with Gasteiger partial charge < -0.3 is 15.0 Å². The predicted octanol–water partition coefficient (Wildman–Crippen LogP) is 3.63. The second kappa shape index (κ2) is 7.75. The van der Waals surface area contributed by atoms with Crippen molar-refractivity contribution in [3.05, 3.63) is 77.5 Å². The highest BCUT2D eigenvalue weighted by Crippen LogP contribution is 2.31. The van der Waals surface area contributed by atoms with Gasteiger partial charge in [-0.1, -0.05) is 30.3 Å². The number of carbonyl (C=O) groups excluding carboxylic acids is 1. The second-order valence-corrected chi connectivity index (χ2v) is 6.99. The van der Waals surface area contributed by atoms with Crippen LogP contribution in [0.4, 0.5) is 0 Å². The van der Waals surface area contributed by atoms with E-state index in [1.54, 1.807) is 18.3 Å². The highest BCUT2D eigenvalue weighted by molar-refractivity contribution is 5.81. The zero-order chi connectivity index (χ0) is 20.4. The van der Waals surface area contributed by atoms with Crippen LogP contribution in [0.3, 0.4) is 0 Å². The Hall–Kier alpha value is -3.67. The van der Waals surface area contributed by atoms with Crippen LogP contribution in [0.25, 0.3) is 22.6 Å². The number of primary amides is 1. The van der Waals surface area contributed by atoms with Crippen molar-refractivity contribution in [3.8, 4) is 17.3 Å². The first-order valence-corrected chi connectivity index (χ1v) is 9.41. The fourth-order valence-corrected chi connectivity index (χ4v) is 3.50. The molecular weight excluding hydrogens is 364 g/mol.